The van der Waals surface area contributed by atoms with Crippen molar-refractivity contribution in [1.82, 2.24) is 0 Å². The van der Waals surface area contributed by atoms with Gasteiger partial charge in [0.05, 0.1) is 6.10 Å². The Bertz CT molecular complexity index is 515. The molecule has 5 heteroatoms. The lowest BCUT2D eigenvalue weighted by atomic mass is 9.77. The van der Waals surface area contributed by atoms with E-state index in [9.17, 15) is 18.3 Å². The van der Waals surface area contributed by atoms with E-state index < -0.39 is 6.36 Å². The van der Waals surface area contributed by atoms with Crippen LogP contribution in [-0.4, -0.2) is 17.6 Å². The number of ether oxygens (including phenoxy) is 1. The number of hydrogen-bond acceptors (Lipinski definition) is 2. The molecule has 0 radical (unpaired) electrons. The first-order valence-corrected chi connectivity index (χ1v) is 8.00. The van der Waals surface area contributed by atoms with Crippen LogP contribution in [-0.2, 0) is 0 Å². The van der Waals surface area contributed by atoms with Crippen molar-refractivity contribution in [1.29, 1.82) is 0 Å². The molecule has 0 aliphatic heterocycles. The Labute approximate surface area is 128 Å². The molecule has 3 rings (SSSR count). The standard InChI is InChI=1S/C17H21F3O2/c18-17(19,20)22-16-9-6-13(10-15(16)12-2-1-3-12)11-4-7-14(21)8-5-11/h6,9-12,14,21H,1-5,7-8H2/t11-,14+. The van der Waals surface area contributed by atoms with E-state index in [0.717, 1.165) is 50.5 Å². The largest absolute Gasteiger partial charge is 0.573 e. The van der Waals surface area contributed by atoms with Gasteiger partial charge in [0.2, 0.25) is 0 Å². The zero-order valence-corrected chi connectivity index (χ0v) is 12.4. The summed E-state index contributed by atoms with van der Waals surface area (Å²) in [6, 6.07) is 5.14. The van der Waals surface area contributed by atoms with Gasteiger partial charge < -0.3 is 9.84 Å². The maximum absolute atomic E-state index is 12.6. The second-order valence-corrected chi connectivity index (χ2v) is 6.48. The maximum atomic E-state index is 12.6. The predicted octanol–water partition coefficient (Wildman–Crippen LogP) is 4.87. The minimum absolute atomic E-state index is 0.0446. The topological polar surface area (TPSA) is 29.5 Å². The van der Waals surface area contributed by atoms with E-state index in [1.165, 1.54) is 6.07 Å². The van der Waals surface area contributed by atoms with Crippen molar-refractivity contribution >= 4 is 0 Å². The number of halogens is 3. The zero-order valence-electron chi connectivity index (χ0n) is 12.4. The second-order valence-electron chi connectivity index (χ2n) is 6.48. The van der Waals surface area contributed by atoms with E-state index in [4.69, 9.17) is 0 Å². The Morgan fingerprint density at radius 2 is 1.64 bits per heavy atom. The summed E-state index contributed by atoms with van der Waals surface area (Å²) < 4.78 is 41.9. The number of benzene rings is 1. The van der Waals surface area contributed by atoms with Gasteiger partial charge >= 0.3 is 6.36 Å². The molecule has 2 saturated carbocycles. The van der Waals surface area contributed by atoms with Crippen molar-refractivity contribution in [2.75, 3.05) is 0 Å². The summed E-state index contributed by atoms with van der Waals surface area (Å²) in [5.41, 5.74) is 1.79. The van der Waals surface area contributed by atoms with Crippen LogP contribution in [0, 0.1) is 0 Å². The van der Waals surface area contributed by atoms with Crippen LogP contribution in [0.25, 0.3) is 0 Å². The molecule has 2 fully saturated rings. The van der Waals surface area contributed by atoms with Crippen molar-refractivity contribution < 1.29 is 23.0 Å². The SMILES string of the molecule is O[C@H]1CC[C@@H](c2ccc(OC(F)(F)F)c(C3CCC3)c2)CC1. The third-order valence-electron chi connectivity index (χ3n) is 4.97. The number of rotatable bonds is 3. The first-order valence-electron chi connectivity index (χ1n) is 8.00. The van der Waals surface area contributed by atoms with Crippen LogP contribution in [0.1, 0.15) is 67.9 Å². The summed E-state index contributed by atoms with van der Waals surface area (Å²) in [6.07, 6.45) is 1.38. The second kappa shape index (κ2) is 6.11. The van der Waals surface area contributed by atoms with Crippen molar-refractivity contribution in [3.8, 4) is 5.75 Å². The van der Waals surface area contributed by atoms with Gasteiger partial charge in [-0.1, -0.05) is 18.6 Å². The third kappa shape index (κ3) is 3.57. The van der Waals surface area contributed by atoms with Gasteiger partial charge in [-0.25, -0.2) is 0 Å². The highest BCUT2D eigenvalue weighted by Crippen LogP contribution is 2.44. The summed E-state index contributed by atoms with van der Waals surface area (Å²) in [5, 5.41) is 9.59. The van der Waals surface area contributed by atoms with Gasteiger partial charge in [-0.15, -0.1) is 13.2 Å². The molecule has 1 aromatic carbocycles. The number of aliphatic hydroxyl groups excluding tert-OH is 1. The Balaban J connectivity index is 1.83. The highest BCUT2D eigenvalue weighted by molar-refractivity contribution is 5.42. The molecule has 1 aromatic rings. The first-order chi connectivity index (χ1) is 10.4. The number of alkyl halides is 3. The molecule has 0 amide bonds. The maximum Gasteiger partial charge on any atom is 0.573 e. The molecule has 0 bridgehead atoms. The number of aliphatic hydroxyl groups is 1. The molecule has 0 atom stereocenters. The van der Waals surface area contributed by atoms with Crippen molar-refractivity contribution in [2.45, 2.75) is 69.2 Å². The zero-order chi connectivity index (χ0) is 15.7. The first kappa shape index (κ1) is 15.7. The summed E-state index contributed by atoms with van der Waals surface area (Å²) in [4.78, 5) is 0. The van der Waals surface area contributed by atoms with Gasteiger partial charge in [-0.3, -0.25) is 0 Å². The van der Waals surface area contributed by atoms with E-state index in [1.807, 2.05) is 6.07 Å². The predicted molar refractivity (Wildman–Crippen MR) is 76.9 cm³/mol. The van der Waals surface area contributed by atoms with Crippen LogP contribution in [0.3, 0.4) is 0 Å². The minimum atomic E-state index is -4.64. The molecule has 1 N–H and O–H groups in total. The van der Waals surface area contributed by atoms with Gasteiger partial charge in [0.1, 0.15) is 5.75 Å². The minimum Gasteiger partial charge on any atom is -0.405 e. The molecular formula is C17H21F3O2. The molecule has 122 valence electrons. The summed E-state index contributed by atoms with van der Waals surface area (Å²) in [6.45, 7) is 0. The van der Waals surface area contributed by atoms with Crippen LogP contribution in [0.2, 0.25) is 0 Å². The molecule has 22 heavy (non-hydrogen) atoms. The number of hydrogen-bond donors (Lipinski definition) is 1. The van der Waals surface area contributed by atoms with Gasteiger partial charge in [-0.05, 0) is 67.6 Å². The molecule has 0 heterocycles. The van der Waals surface area contributed by atoms with E-state index in [-0.39, 0.29) is 17.8 Å². The average molecular weight is 314 g/mol. The van der Waals surface area contributed by atoms with E-state index in [2.05, 4.69) is 4.74 Å². The molecule has 0 aromatic heterocycles. The lowest BCUT2D eigenvalue weighted by Crippen LogP contribution is -2.21. The quantitative estimate of drug-likeness (QED) is 0.862. The Morgan fingerprint density at radius 1 is 0.955 bits per heavy atom. The third-order valence-corrected chi connectivity index (χ3v) is 4.97. The van der Waals surface area contributed by atoms with Crippen molar-refractivity contribution in [3.05, 3.63) is 29.3 Å². The summed E-state index contributed by atoms with van der Waals surface area (Å²) in [5.74, 6) is 0.477. The summed E-state index contributed by atoms with van der Waals surface area (Å²) in [7, 11) is 0. The molecule has 0 unspecified atom stereocenters. The lowest BCUT2D eigenvalue weighted by Gasteiger charge is -2.30. The van der Waals surface area contributed by atoms with Gasteiger partial charge in [0.15, 0.2) is 0 Å². The molecule has 2 aliphatic carbocycles. The molecule has 2 aliphatic rings. The average Bonchev–Trinajstić information content (AvgIpc) is 2.38. The fraction of sp³-hybridized carbons (Fsp3) is 0.647. The fourth-order valence-electron chi connectivity index (χ4n) is 3.49. The van der Waals surface area contributed by atoms with Crippen molar-refractivity contribution in [3.63, 3.8) is 0 Å². The monoisotopic (exact) mass is 314 g/mol. The summed E-state index contributed by atoms with van der Waals surface area (Å²) >= 11 is 0. The van der Waals surface area contributed by atoms with Crippen LogP contribution in [0.5, 0.6) is 5.75 Å². The van der Waals surface area contributed by atoms with Gasteiger partial charge in [-0.2, -0.15) is 0 Å². The Kier molecular flexibility index (Phi) is 4.35. The molecule has 2 nitrogen and oxygen atoms in total. The Hall–Kier alpha value is -1.23. The van der Waals surface area contributed by atoms with Crippen LogP contribution >= 0.6 is 0 Å². The normalized spacial score (nSPS) is 26.5. The highest BCUT2D eigenvalue weighted by Gasteiger charge is 2.34. The van der Waals surface area contributed by atoms with Crippen molar-refractivity contribution in [2.24, 2.45) is 0 Å². The van der Waals surface area contributed by atoms with E-state index in [0.29, 0.717) is 11.5 Å². The van der Waals surface area contributed by atoms with Crippen LogP contribution in [0.15, 0.2) is 18.2 Å². The van der Waals surface area contributed by atoms with Gasteiger partial charge in [0, 0.05) is 0 Å². The van der Waals surface area contributed by atoms with E-state index in [1.54, 1.807) is 6.07 Å². The highest BCUT2D eigenvalue weighted by atomic mass is 19.4. The fourth-order valence-corrected chi connectivity index (χ4v) is 3.49. The Morgan fingerprint density at radius 3 is 2.18 bits per heavy atom. The lowest BCUT2D eigenvalue weighted by molar-refractivity contribution is -0.275. The molecule has 0 saturated heterocycles. The molecular weight excluding hydrogens is 293 g/mol. The van der Waals surface area contributed by atoms with E-state index >= 15 is 0 Å². The molecule has 0 spiro atoms. The van der Waals surface area contributed by atoms with Gasteiger partial charge in [0.25, 0.3) is 0 Å². The van der Waals surface area contributed by atoms with Crippen LogP contribution in [0.4, 0.5) is 13.2 Å². The smallest absolute Gasteiger partial charge is 0.405 e. The van der Waals surface area contributed by atoms with Crippen LogP contribution < -0.4 is 4.74 Å².